The highest BCUT2D eigenvalue weighted by molar-refractivity contribution is 6.51. The molecule has 4 rings (SSSR count). The molecule has 6 nitrogen and oxygen atoms in total. The van der Waals surface area contributed by atoms with Gasteiger partial charge >= 0.3 is 0 Å². The number of phenols is 1. The SMILES string of the molecule is CC(C)COc1cccc(/C(O)=C2/C(=O)C(=O)N(c3ccccc3)C2c2cccc(O)c2)c1. The third kappa shape index (κ3) is 4.46. The largest absolute Gasteiger partial charge is 0.508 e. The third-order valence-corrected chi connectivity index (χ3v) is 5.36. The van der Waals surface area contributed by atoms with Gasteiger partial charge in [0.2, 0.25) is 0 Å². The first kappa shape index (κ1) is 22.1. The molecular formula is C27H25NO5. The second-order valence-corrected chi connectivity index (χ2v) is 8.33. The number of carbonyl (C=O) groups excluding carboxylic acids is 2. The average molecular weight is 443 g/mol. The summed E-state index contributed by atoms with van der Waals surface area (Å²) < 4.78 is 5.76. The highest BCUT2D eigenvalue weighted by Gasteiger charge is 2.47. The van der Waals surface area contributed by atoms with E-state index in [0.29, 0.717) is 35.1 Å². The molecule has 1 heterocycles. The minimum atomic E-state index is -0.903. The second-order valence-electron chi connectivity index (χ2n) is 8.33. The Kier molecular flexibility index (Phi) is 6.18. The number of para-hydroxylation sites is 1. The zero-order valence-electron chi connectivity index (χ0n) is 18.4. The van der Waals surface area contributed by atoms with Crippen molar-refractivity contribution in [2.24, 2.45) is 5.92 Å². The van der Waals surface area contributed by atoms with E-state index in [1.807, 2.05) is 19.9 Å². The molecule has 1 fully saturated rings. The van der Waals surface area contributed by atoms with E-state index >= 15 is 0 Å². The first-order valence-electron chi connectivity index (χ1n) is 10.7. The fourth-order valence-electron chi connectivity index (χ4n) is 3.85. The van der Waals surface area contributed by atoms with Crippen molar-refractivity contribution in [2.45, 2.75) is 19.9 Å². The second kappa shape index (κ2) is 9.20. The molecule has 0 bridgehead atoms. The number of nitrogens with zero attached hydrogens (tertiary/aromatic N) is 1. The lowest BCUT2D eigenvalue weighted by molar-refractivity contribution is -0.132. The number of anilines is 1. The zero-order chi connectivity index (χ0) is 23.5. The maximum absolute atomic E-state index is 13.2. The number of carbonyl (C=O) groups is 2. The van der Waals surface area contributed by atoms with Crippen molar-refractivity contribution < 1.29 is 24.5 Å². The summed E-state index contributed by atoms with van der Waals surface area (Å²) in [4.78, 5) is 27.6. The standard InChI is InChI=1S/C27H25NO5/c1-17(2)16-33-22-13-7-9-19(15-22)25(30)23-24(18-8-6-12-21(29)14-18)28(27(32)26(23)31)20-10-4-3-5-11-20/h3-15,17,24,29-30H,16H2,1-2H3/b25-23-. The number of aromatic hydroxyl groups is 1. The van der Waals surface area contributed by atoms with Gasteiger partial charge in [-0.1, -0.05) is 56.3 Å². The van der Waals surface area contributed by atoms with E-state index in [0.717, 1.165) is 0 Å². The lowest BCUT2D eigenvalue weighted by atomic mass is 9.95. The first-order chi connectivity index (χ1) is 15.9. The van der Waals surface area contributed by atoms with Gasteiger partial charge in [0.05, 0.1) is 18.2 Å². The Bertz CT molecular complexity index is 1220. The van der Waals surface area contributed by atoms with Gasteiger partial charge in [0.15, 0.2) is 0 Å². The van der Waals surface area contributed by atoms with E-state index < -0.39 is 17.7 Å². The number of rotatable bonds is 6. The minimum absolute atomic E-state index is 0.00441. The van der Waals surface area contributed by atoms with Crippen molar-refractivity contribution in [1.29, 1.82) is 0 Å². The zero-order valence-corrected chi connectivity index (χ0v) is 18.4. The molecule has 0 aromatic heterocycles. The summed E-state index contributed by atoms with van der Waals surface area (Å²) in [6, 6.07) is 21.0. The summed E-state index contributed by atoms with van der Waals surface area (Å²) in [6.07, 6.45) is 0. The summed E-state index contributed by atoms with van der Waals surface area (Å²) in [5, 5.41) is 21.3. The number of Topliss-reactive ketones (excluding diaryl/α,β-unsaturated/α-hetero) is 1. The van der Waals surface area contributed by atoms with Gasteiger partial charge in [-0.2, -0.15) is 0 Å². The van der Waals surface area contributed by atoms with Crippen LogP contribution >= 0.6 is 0 Å². The van der Waals surface area contributed by atoms with Crippen molar-refractivity contribution in [3.63, 3.8) is 0 Å². The Morgan fingerprint density at radius 3 is 2.39 bits per heavy atom. The number of aliphatic hydroxyl groups is 1. The molecule has 0 aliphatic carbocycles. The van der Waals surface area contributed by atoms with Crippen LogP contribution in [-0.2, 0) is 9.59 Å². The maximum Gasteiger partial charge on any atom is 0.300 e. The smallest absolute Gasteiger partial charge is 0.300 e. The number of aliphatic hydroxyl groups excluding tert-OH is 1. The van der Waals surface area contributed by atoms with E-state index in [9.17, 15) is 19.8 Å². The normalized spacial score (nSPS) is 17.5. The molecule has 0 spiro atoms. The van der Waals surface area contributed by atoms with Gasteiger partial charge in [-0.3, -0.25) is 14.5 Å². The summed E-state index contributed by atoms with van der Waals surface area (Å²) >= 11 is 0. The van der Waals surface area contributed by atoms with Crippen molar-refractivity contribution in [3.8, 4) is 11.5 Å². The molecular weight excluding hydrogens is 418 g/mol. The summed E-state index contributed by atoms with van der Waals surface area (Å²) in [6.45, 7) is 4.57. The van der Waals surface area contributed by atoms with E-state index in [4.69, 9.17) is 4.74 Å². The number of ether oxygens (including phenoxy) is 1. The van der Waals surface area contributed by atoms with E-state index in [-0.39, 0.29) is 17.1 Å². The molecule has 3 aromatic rings. The number of hydrogen-bond donors (Lipinski definition) is 2. The van der Waals surface area contributed by atoms with Crippen LogP contribution in [0.1, 0.15) is 31.0 Å². The van der Waals surface area contributed by atoms with Crippen LogP contribution in [0.4, 0.5) is 5.69 Å². The Balaban J connectivity index is 1.86. The van der Waals surface area contributed by atoms with Crippen LogP contribution in [0, 0.1) is 5.92 Å². The van der Waals surface area contributed by atoms with E-state index in [1.165, 1.54) is 17.0 Å². The van der Waals surface area contributed by atoms with Crippen LogP contribution in [0.25, 0.3) is 5.76 Å². The molecule has 1 unspecified atom stereocenters. The fourth-order valence-corrected chi connectivity index (χ4v) is 3.85. The van der Waals surface area contributed by atoms with Crippen molar-refractivity contribution >= 4 is 23.1 Å². The highest BCUT2D eigenvalue weighted by Crippen LogP contribution is 2.42. The molecule has 1 aliphatic heterocycles. The van der Waals surface area contributed by atoms with Crippen LogP contribution in [-0.4, -0.2) is 28.5 Å². The Morgan fingerprint density at radius 1 is 0.970 bits per heavy atom. The van der Waals surface area contributed by atoms with Crippen LogP contribution in [0.2, 0.25) is 0 Å². The molecule has 3 aromatic carbocycles. The highest BCUT2D eigenvalue weighted by atomic mass is 16.5. The molecule has 1 aliphatic rings. The van der Waals surface area contributed by atoms with Gasteiger partial charge in [-0.15, -0.1) is 0 Å². The van der Waals surface area contributed by atoms with Gasteiger partial charge in [0.1, 0.15) is 17.3 Å². The van der Waals surface area contributed by atoms with Crippen LogP contribution in [0.15, 0.2) is 84.4 Å². The monoisotopic (exact) mass is 443 g/mol. The predicted molar refractivity (Wildman–Crippen MR) is 126 cm³/mol. The Morgan fingerprint density at radius 2 is 1.70 bits per heavy atom. The topological polar surface area (TPSA) is 87.1 Å². The molecule has 0 radical (unpaired) electrons. The number of amides is 1. The predicted octanol–water partition coefficient (Wildman–Crippen LogP) is 5.05. The molecule has 2 N–H and O–H groups in total. The summed E-state index contributed by atoms with van der Waals surface area (Å²) in [5.41, 5.74) is 1.34. The molecule has 1 atom stereocenters. The number of phenolic OH excluding ortho intramolecular Hbond substituents is 1. The first-order valence-corrected chi connectivity index (χ1v) is 10.7. The van der Waals surface area contributed by atoms with Crippen LogP contribution in [0.3, 0.4) is 0 Å². The molecule has 1 saturated heterocycles. The Hall–Kier alpha value is -4.06. The van der Waals surface area contributed by atoms with Crippen molar-refractivity contribution in [2.75, 3.05) is 11.5 Å². The van der Waals surface area contributed by atoms with Gasteiger partial charge in [0, 0.05) is 11.3 Å². The maximum atomic E-state index is 13.2. The van der Waals surface area contributed by atoms with Crippen molar-refractivity contribution in [3.05, 3.63) is 95.6 Å². The molecule has 168 valence electrons. The minimum Gasteiger partial charge on any atom is -0.508 e. The van der Waals surface area contributed by atoms with Gasteiger partial charge in [-0.25, -0.2) is 0 Å². The summed E-state index contributed by atoms with van der Waals surface area (Å²) in [7, 11) is 0. The third-order valence-electron chi connectivity index (χ3n) is 5.36. The number of benzene rings is 3. The van der Waals surface area contributed by atoms with Crippen LogP contribution in [0.5, 0.6) is 11.5 Å². The lowest BCUT2D eigenvalue weighted by Gasteiger charge is -2.25. The lowest BCUT2D eigenvalue weighted by Crippen LogP contribution is -2.29. The molecule has 33 heavy (non-hydrogen) atoms. The van der Waals surface area contributed by atoms with Crippen molar-refractivity contribution in [1.82, 2.24) is 0 Å². The van der Waals surface area contributed by atoms with E-state index in [1.54, 1.807) is 60.7 Å². The van der Waals surface area contributed by atoms with E-state index in [2.05, 4.69) is 0 Å². The van der Waals surface area contributed by atoms with Gasteiger partial charge in [0.25, 0.3) is 11.7 Å². The van der Waals surface area contributed by atoms with Gasteiger partial charge in [-0.05, 0) is 47.9 Å². The average Bonchev–Trinajstić information content (AvgIpc) is 3.08. The fraction of sp³-hybridized carbons (Fsp3) is 0.185. The molecule has 1 amide bonds. The Labute approximate surface area is 192 Å². The van der Waals surface area contributed by atoms with Crippen LogP contribution < -0.4 is 9.64 Å². The number of ketones is 1. The molecule has 6 heteroatoms. The quantitative estimate of drug-likeness (QED) is 0.316. The summed E-state index contributed by atoms with van der Waals surface area (Å²) in [5.74, 6) is -0.963. The molecule has 0 saturated carbocycles. The number of hydrogen-bond acceptors (Lipinski definition) is 5. The van der Waals surface area contributed by atoms with Gasteiger partial charge < -0.3 is 14.9 Å².